The molecule has 0 saturated carbocycles. The molecule has 580 valence electrons. The highest BCUT2D eigenvalue weighted by Crippen LogP contribution is 2.55. The summed E-state index contributed by atoms with van der Waals surface area (Å²) < 4.78 is 147. The van der Waals surface area contributed by atoms with E-state index in [0.717, 1.165) is 11.1 Å². The van der Waals surface area contributed by atoms with E-state index in [1.54, 1.807) is 34.8 Å². The van der Waals surface area contributed by atoms with Gasteiger partial charge in [0.25, 0.3) is 0 Å². The first kappa shape index (κ1) is 92.6. The van der Waals surface area contributed by atoms with Gasteiger partial charge in [-0.05, 0) is 63.8 Å². The van der Waals surface area contributed by atoms with Crippen LogP contribution in [0.5, 0.6) is 0 Å². The standard InChI is InChI=1S/C71H123O28P/c1-60-55-62(3)67(63(4)56-60)70(73)100(75,71(74)68-64(5)57-61(2)58-65(68)6)59-66(7)69(72)99-54-53-98-52-51-97-50-49-96-48-47-95-46-45-94-44-43-93-42-41-92-40-39-91-38-37-90-36-35-89-34-33-88-32-31-87-30-29-86-28-27-85-26-25-84-24-23-83-22-21-82-20-19-81-18-17-80-16-15-79-14-13-78-12-11-77-10-9-76-8/h55-58,66H,9-54,59H2,1-8H3. The Kier molecular flexibility index (Phi) is 61.4. The van der Waals surface area contributed by atoms with Crippen LogP contribution in [0.15, 0.2) is 24.3 Å². The lowest BCUT2D eigenvalue weighted by Crippen LogP contribution is -2.25. The summed E-state index contributed by atoms with van der Waals surface area (Å²) in [6.45, 7) is 33.0. The van der Waals surface area contributed by atoms with Crippen LogP contribution in [0.2, 0.25) is 0 Å². The lowest BCUT2D eigenvalue weighted by molar-refractivity contribution is -0.148. The van der Waals surface area contributed by atoms with Crippen molar-refractivity contribution < 1.29 is 133 Å². The highest BCUT2D eigenvalue weighted by Gasteiger charge is 2.45. The molecule has 100 heavy (non-hydrogen) atoms. The van der Waals surface area contributed by atoms with Crippen molar-refractivity contribution in [2.45, 2.75) is 48.5 Å². The van der Waals surface area contributed by atoms with Crippen molar-refractivity contribution in [3.8, 4) is 0 Å². The smallest absolute Gasteiger partial charge is 0.309 e. The first-order valence-electron chi connectivity index (χ1n) is 35.0. The van der Waals surface area contributed by atoms with E-state index in [-0.39, 0.29) is 30.9 Å². The number of rotatable bonds is 76. The van der Waals surface area contributed by atoms with Crippen LogP contribution in [-0.2, 0) is 123 Å². The van der Waals surface area contributed by atoms with Crippen LogP contribution in [-0.4, -0.2) is 334 Å². The molecule has 0 heterocycles. The molecule has 0 aliphatic carbocycles. The van der Waals surface area contributed by atoms with Gasteiger partial charge in [-0.3, -0.25) is 14.4 Å². The maximum Gasteiger partial charge on any atom is 0.309 e. The zero-order chi connectivity index (χ0) is 72.5. The first-order chi connectivity index (χ1) is 48.8. The molecule has 0 bridgehead atoms. The molecule has 29 heteroatoms. The summed E-state index contributed by atoms with van der Waals surface area (Å²) in [5, 5.41) is 0. The molecular weight excluding hydrogens is 1330 g/mol. The van der Waals surface area contributed by atoms with Crippen molar-refractivity contribution in [2.75, 3.05) is 317 Å². The van der Waals surface area contributed by atoms with Crippen LogP contribution in [0.4, 0.5) is 0 Å². The van der Waals surface area contributed by atoms with E-state index in [0.29, 0.717) is 306 Å². The van der Waals surface area contributed by atoms with Gasteiger partial charge in [-0.15, -0.1) is 0 Å². The van der Waals surface area contributed by atoms with E-state index in [4.69, 9.17) is 114 Å². The lowest BCUT2D eigenvalue weighted by atomic mass is 10.0. The third-order valence-electron chi connectivity index (χ3n) is 14.1. The molecule has 2 aromatic rings. The highest BCUT2D eigenvalue weighted by atomic mass is 31.2. The van der Waals surface area contributed by atoms with Crippen LogP contribution < -0.4 is 0 Å². The van der Waals surface area contributed by atoms with Crippen molar-refractivity contribution in [2.24, 2.45) is 5.92 Å². The highest BCUT2D eigenvalue weighted by molar-refractivity contribution is 7.95. The van der Waals surface area contributed by atoms with Crippen molar-refractivity contribution in [1.82, 2.24) is 0 Å². The lowest BCUT2D eigenvalue weighted by Gasteiger charge is -2.23. The number of methoxy groups -OCH3 is 1. The van der Waals surface area contributed by atoms with Gasteiger partial charge in [-0.2, -0.15) is 0 Å². The fourth-order valence-electron chi connectivity index (χ4n) is 9.32. The third kappa shape index (κ3) is 50.1. The van der Waals surface area contributed by atoms with E-state index < -0.39 is 36.2 Å². The van der Waals surface area contributed by atoms with Gasteiger partial charge >= 0.3 is 5.97 Å². The Labute approximate surface area is 595 Å². The molecule has 0 aliphatic rings. The van der Waals surface area contributed by atoms with Crippen LogP contribution >= 0.6 is 7.14 Å². The molecular formula is C71H123O28P. The third-order valence-corrected chi connectivity index (χ3v) is 16.9. The molecule has 2 rings (SSSR count). The van der Waals surface area contributed by atoms with Gasteiger partial charge in [0.2, 0.25) is 18.2 Å². The van der Waals surface area contributed by atoms with Crippen LogP contribution in [0.25, 0.3) is 0 Å². The van der Waals surface area contributed by atoms with Crippen molar-refractivity contribution >= 4 is 24.2 Å². The van der Waals surface area contributed by atoms with Crippen molar-refractivity contribution in [3.63, 3.8) is 0 Å². The molecule has 0 amide bonds. The zero-order valence-corrected chi connectivity index (χ0v) is 62.4. The summed E-state index contributed by atoms with van der Waals surface area (Å²) in [7, 11) is -2.72. The summed E-state index contributed by atoms with van der Waals surface area (Å²) in [6.07, 6.45) is -0.454. The molecule has 2 aromatic carbocycles. The maximum atomic E-state index is 14.9. The first-order valence-corrected chi connectivity index (χ1v) is 36.9. The average molecular weight is 1460 g/mol. The Balaban J connectivity index is 1.21. The average Bonchev–Trinajstić information content (AvgIpc) is 0.761. The summed E-state index contributed by atoms with van der Waals surface area (Å²) in [5.74, 6) is -1.67. The van der Waals surface area contributed by atoms with Gasteiger partial charge in [-0.25, -0.2) is 0 Å². The number of hydrogen-bond donors (Lipinski definition) is 0. The molecule has 0 aromatic heterocycles. The number of aryl methyl sites for hydroxylation is 6. The van der Waals surface area contributed by atoms with E-state index in [9.17, 15) is 18.9 Å². The zero-order valence-electron chi connectivity index (χ0n) is 61.5. The molecule has 1 unspecified atom stereocenters. The van der Waals surface area contributed by atoms with E-state index >= 15 is 0 Å². The summed E-state index contributed by atoms with van der Waals surface area (Å²) in [5.41, 5.74) is 3.40. The van der Waals surface area contributed by atoms with Gasteiger partial charge < -0.3 is 118 Å². The minimum Gasteiger partial charge on any atom is -0.463 e. The molecule has 0 aliphatic heterocycles. The van der Waals surface area contributed by atoms with Gasteiger partial charge in [0.05, 0.1) is 303 Å². The van der Waals surface area contributed by atoms with Gasteiger partial charge in [-0.1, -0.05) is 42.3 Å². The van der Waals surface area contributed by atoms with Crippen LogP contribution in [0.1, 0.15) is 61.0 Å². The Bertz CT molecular complexity index is 2220. The van der Waals surface area contributed by atoms with Gasteiger partial charge in [0.1, 0.15) is 6.61 Å². The number of carbonyl (C=O) groups is 3. The van der Waals surface area contributed by atoms with E-state index in [2.05, 4.69) is 0 Å². The van der Waals surface area contributed by atoms with Crippen molar-refractivity contribution in [1.29, 1.82) is 0 Å². The summed E-state index contributed by atoms with van der Waals surface area (Å²) >= 11 is 0. The fourth-order valence-corrected chi connectivity index (χ4v) is 12.2. The Morgan fingerprint density at radius 3 is 0.580 bits per heavy atom. The molecule has 0 spiro atoms. The summed E-state index contributed by atoms with van der Waals surface area (Å²) in [6, 6.07) is 7.30. The fraction of sp³-hybridized carbons (Fsp3) is 0.789. The number of esters is 1. The SMILES string of the molecule is COCCOCCOCCOCCOCCOCCOCCOCCOCCOCCOCCOCCOCCOCCOCCOCCOCCOCCOCCOCCOCCOCCOCCOC(=O)C(C)CP(=O)(C(=O)c1c(C)cc(C)cc1C)C(=O)c1c(C)cc(C)cc1C. The summed E-state index contributed by atoms with van der Waals surface area (Å²) in [4.78, 5) is 41.6. The van der Waals surface area contributed by atoms with Gasteiger partial charge in [0.15, 0.2) is 0 Å². The predicted octanol–water partition coefficient (Wildman–Crippen LogP) is 6.07. The largest absolute Gasteiger partial charge is 0.463 e. The molecule has 28 nitrogen and oxygen atoms in total. The van der Waals surface area contributed by atoms with Crippen molar-refractivity contribution in [3.05, 3.63) is 68.8 Å². The predicted molar refractivity (Wildman–Crippen MR) is 372 cm³/mol. The Morgan fingerprint density at radius 1 is 0.270 bits per heavy atom. The van der Waals surface area contributed by atoms with E-state index in [1.165, 1.54) is 6.92 Å². The second kappa shape index (κ2) is 66.3. The number of benzene rings is 2. The number of ether oxygens (including phenoxy) is 24. The normalized spacial score (nSPS) is 12.1. The second-order valence-corrected chi connectivity index (χ2v) is 25.3. The molecule has 0 saturated heterocycles. The van der Waals surface area contributed by atoms with E-state index in [1.807, 2.05) is 38.1 Å². The number of carbonyl (C=O) groups excluding carboxylic acids is 3. The molecule has 0 fully saturated rings. The van der Waals surface area contributed by atoms with Crippen LogP contribution in [0, 0.1) is 47.5 Å². The minimum atomic E-state index is -4.36. The maximum absolute atomic E-state index is 14.9. The Morgan fingerprint density at radius 2 is 0.420 bits per heavy atom. The van der Waals surface area contributed by atoms with Crippen LogP contribution in [0.3, 0.4) is 0 Å². The van der Waals surface area contributed by atoms with Gasteiger partial charge in [0, 0.05) is 24.4 Å². The topological polar surface area (TPSA) is 290 Å². The monoisotopic (exact) mass is 1450 g/mol. The minimum absolute atomic E-state index is 0.0628. The molecule has 0 N–H and O–H groups in total. The molecule has 1 atom stereocenters. The Hall–Kier alpha value is -3.44. The second-order valence-electron chi connectivity index (χ2n) is 22.6. The number of hydrogen-bond acceptors (Lipinski definition) is 28. The molecule has 0 radical (unpaired) electrons. The quantitative estimate of drug-likeness (QED) is 0.0412.